The van der Waals surface area contributed by atoms with Crippen LogP contribution in [0, 0.1) is 33.3 Å². The number of nitro groups is 1. The summed E-state index contributed by atoms with van der Waals surface area (Å²) >= 11 is 0. The number of fused-ring (bicyclic) bond motifs is 2. The van der Waals surface area contributed by atoms with Gasteiger partial charge in [-0.05, 0) is 49.5 Å². The van der Waals surface area contributed by atoms with Gasteiger partial charge in [-0.1, -0.05) is 19.3 Å². The summed E-state index contributed by atoms with van der Waals surface area (Å²) in [6, 6.07) is 3.16. The van der Waals surface area contributed by atoms with Crippen molar-refractivity contribution in [1.82, 2.24) is 0 Å². The number of aliphatic carboxylic acids is 1. The standard InChI is InChI=1S/C20H24N2O5/c23-11-15-7-16(22(26)27)4-5-17(15)21-18(19(24)25)20-8-12-2-1-3-13(9-20)14(6-12)10-20/h4-5,7,11-14,18,21H,1-3,6,8-10H2,(H,24,25). The largest absolute Gasteiger partial charge is 0.480 e. The predicted molar refractivity (Wildman–Crippen MR) is 98.8 cm³/mol. The molecule has 3 saturated carbocycles. The van der Waals surface area contributed by atoms with E-state index in [1.165, 1.54) is 43.9 Å². The van der Waals surface area contributed by atoms with Gasteiger partial charge in [-0.2, -0.15) is 0 Å². The Morgan fingerprint density at radius 2 is 2.07 bits per heavy atom. The molecule has 1 aromatic carbocycles. The molecule has 3 fully saturated rings. The van der Waals surface area contributed by atoms with Gasteiger partial charge in [-0.3, -0.25) is 14.9 Å². The summed E-state index contributed by atoms with van der Waals surface area (Å²) < 4.78 is 0. The zero-order valence-corrected chi connectivity index (χ0v) is 15.1. The molecule has 0 radical (unpaired) electrons. The van der Waals surface area contributed by atoms with Crippen molar-refractivity contribution in [3.63, 3.8) is 0 Å². The van der Waals surface area contributed by atoms with Crippen LogP contribution in [0.1, 0.15) is 55.3 Å². The molecular formula is C20H24N2O5. The number of hydrogen-bond donors (Lipinski definition) is 2. The van der Waals surface area contributed by atoms with Crippen LogP contribution in [0.25, 0.3) is 0 Å². The highest BCUT2D eigenvalue weighted by Crippen LogP contribution is 2.61. The number of carboxylic acids is 1. The first-order chi connectivity index (χ1) is 12.9. The molecule has 5 atom stereocenters. The number of nitro benzene ring substituents is 1. The fourth-order valence-corrected chi connectivity index (χ4v) is 6.09. The molecule has 0 aliphatic heterocycles. The van der Waals surface area contributed by atoms with E-state index in [2.05, 4.69) is 5.32 Å². The lowest BCUT2D eigenvalue weighted by Gasteiger charge is -2.42. The van der Waals surface area contributed by atoms with E-state index >= 15 is 0 Å². The van der Waals surface area contributed by atoms with Crippen LogP contribution in [0.3, 0.4) is 0 Å². The van der Waals surface area contributed by atoms with Crippen LogP contribution in [-0.4, -0.2) is 28.3 Å². The molecule has 0 heterocycles. The summed E-state index contributed by atoms with van der Waals surface area (Å²) in [5.41, 5.74) is 0.00154. The van der Waals surface area contributed by atoms with E-state index in [-0.39, 0.29) is 16.7 Å². The smallest absolute Gasteiger partial charge is 0.326 e. The fourth-order valence-electron chi connectivity index (χ4n) is 6.09. The molecule has 1 aromatic rings. The number of aldehydes is 1. The van der Waals surface area contributed by atoms with E-state index in [4.69, 9.17) is 0 Å². The number of rotatable bonds is 6. The highest BCUT2D eigenvalue weighted by Gasteiger charge is 2.56. The molecule has 3 aliphatic carbocycles. The molecule has 5 unspecified atom stereocenters. The van der Waals surface area contributed by atoms with Gasteiger partial charge >= 0.3 is 5.97 Å². The molecule has 2 N–H and O–H groups in total. The first kappa shape index (κ1) is 17.9. The lowest BCUT2D eigenvalue weighted by atomic mass is 9.65. The minimum atomic E-state index is -0.911. The third kappa shape index (κ3) is 3.09. The average molecular weight is 372 g/mol. The van der Waals surface area contributed by atoms with E-state index in [1.54, 1.807) is 0 Å². The second-order valence-corrected chi connectivity index (χ2v) is 8.59. The highest BCUT2D eigenvalue weighted by atomic mass is 16.6. The zero-order valence-electron chi connectivity index (χ0n) is 15.1. The van der Waals surface area contributed by atoms with Crippen LogP contribution < -0.4 is 5.32 Å². The topological polar surface area (TPSA) is 110 Å². The molecular weight excluding hydrogens is 348 g/mol. The van der Waals surface area contributed by atoms with E-state index in [9.17, 15) is 24.8 Å². The van der Waals surface area contributed by atoms with Crippen LogP contribution in [0.4, 0.5) is 11.4 Å². The van der Waals surface area contributed by atoms with Gasteiger partial charge in [0.1, 0.15) is 6.04 Å². The first-order valence-corrected chi connectivity index (χ1v) is 9.65. The van der Waals surface area contributed by atoms with E-state index in [1.807, 2.05) is 0 Å². The number of non-ortho nitro benzene ring substituents is 1. The number of carboxylic acid groups (broad SMARTS) is 1. The normalized spacial score (nSPS) is 32.5. The second-order valence-electron chi connectivity index (χ2n) is 8.59. The molecule has 7 nitrogen and oxygen atoms in total. The Morgan fingerprint density at radius 1 is 1.30 bits per heavy atom. The van der Waals surface area contributed by atoms with Crippen LogP contribution in [0.15, 0.2) is 18.2 Å². The summed E-state index contributed by atoms with van der Waals surface area (Å²) in [7, 11) is 0. The fraction of sp³-hybridized carbons (Fsp3) is 0.600. The zero-order chi connectivity index (χ0) is 19.2. The Balaban J connectivity index is 1.66. The summed E-state index contributed by atoms with van der Waals surface area (Å²) in [5, 5.41) is 24.0. The minimum Gasteiger partial charge on any atom is -0.480 e. The Kier molecular flexibility index (Phi) is 4.40. The van der Waals surface area contributed by atoms with Gasteiger partial charge in [0.05, 0.1) is 4.92 Å². The van der Waals surface area contributed by atoms with Crippen molar-refractivity contribution in [2.75, 3.05) is 5.32 Å². The van der Waals surface area contributed by atoms with Crippen LogP contribution in [0.5, 0.6) is 0 Å². The Morgan fingerprint density at radius 3 is 2.78 bits per heavy atom. The lowest BCUT2D eigenvalue weighted by molar-refractivity contribution is -0.384. The van der Waals surface area contributed by atoms with Crippen LogP contribution >= 0.6 is 0 Å². The van der Waals surface area contributed by atoms with Crippen LogP contribution in [-0.2, 0) is 4.79 Å². The third-order valence-electron chi connectivity index (χ3n) is 7.05. The van der Waals surface area contributed by atoms with Gasteiger partial charge in [0.15, 0.2) is 6.29 Å². The molecule has 3 bridgehead atoms. The monoisotopic (exact) mass is 372 g/mol. The quantitative estimate of drug-likeness (QED) is 0.445. The molecule has 4 rings (SSSR count). The lowest BCUT2D eigenvalue weighted by Crippen LogP contribution is -2.47. The summed E-state index contributed by atoms with van der Waals surface area (Å²) in [6.45, 7) is 0. The maximum atomic E-state index is 12.2. The highest BCUT2D eigenvalue weighted by molar-refractivity contribution is 5.88. The average Bonchev–Trinajstić information content (AvgIpc) is 2.80. The van der Waals surface area contributed by atoms with Crippen molar-refractivity contribution in [3.8, 4) is 0 Å². The van der Waals surface area contributed by atoms with Gasteiger partial charge in [-0.25, -0.2) is 4.79 Å². The number of hydrogen-bond acceptors (Lipinski definition) is 5. The Hall–Kier alpha value is -2.44. The molecule has 7 heteroatoms. The minimum absolute atomic E-state index is 0.123. The van der Waals surface area contributed by atoms with Gasteiger partial charge in [0, 0.05) is 28.8 Å². The third-order valence-corrected chi connectivity index (χ3v) is 7.05. The molecule has 27 heavy (non-hydrogen) atoms. The Labute approximate surface area is 157 Å². The number of carbonyl (C=O) groups is 2. The number of anilines is 1. The van der Waals surface area contributed by atoms with Crippen molar-refractivity contribution in [3.05, 3.63) is 33.9 Å². The molecule has 0 spiro atoms. The predicted octanol–water partition coefficient (Wildman–Crippen LogP) is 3.88. The van der Waals surface area contributed by atoms with Gasteiger partial charge in [0.25, 0.3) is 5.69 Å². The van der Waals surface area contributed by atoms with E-state index in [0.29, 0.717) is 29.7 Å². The number of benzene rings is 1. The maximum Gasteiger partial charge on any atom is 0.326 e. The van der Waals surface area contributed by atoms with Gasteiger partial charge in [-0.15, -0.1) is 0 Å². The Bertz CT molecular complexity index is 791. The SMILES string of the molecule is O=Cc1cc([N+](=O)[O-])ccc1NC(C(=O)O)C12CC3CCCC(C1)C(C3)C2. The maximum absolute atomic E-state index is 12.2. The van der Waals surface area contributed by atoms with Crippen molar-refractivity contribution >= 4 is 23.6 Å². The first-order valence-electron chi connectivity index (χ1n) is 9.65. The van der Waals surface area contributed by atoms with Gasteiger partial charge in [0.2, 0.25) is 0 Å². The van der Waals surface area contributed by atoms with Crippen molar-refractivity contribution < 1.29 is 19.6 Å². The number of nitrogens with zero attached hydrogens (tertiary/aromatic N) is 1. The molecule has 144 valence electrons. The second kappa shape index (κ2) is 6.62. The van der Waals surface area contributed by atoms with Gasteiger partial charge < -0.3 is 10.4 Å². The van der Waals surface area contributed by atoms with Crippen LogP contribution in [0.2, 0.25) is 0 Å². The molecule has 0 amide bonds. The molecule has 3 aliphatic rings. The summed E-state index contributed by atoms with van der Waals surface area (Å²) in [4.78, 5) is 34.0. The molecule has 0 saturated heterocycles. The van der Waals surface area contributed by atoms with E-state index < -0.39 is 16.9 Å². The van der Waals surface area contributed by atoms with E-state index in [0.717, 1.165) is 19.3 Å². The van der Waals surface area contributed by atoms with Crippen molar-refractivity contribution in [2.45, 2.75) is 51.0 Å². The summed E-state index contributed by atoms with van der Waals surface area (Å²) in [6.07, 6.45) is 8.11. The summed E-state index contributed by atoms with van der Waals surface area (Å²) in [5.74, 6) is 0.883. The number of nitrogens with one attached hydrogen (secondary N) is 1. The van der Waals surface area contributed by atoms with Crippen molar-refractivity contribution in [1.29, 1.82) is 0 Å². The molecule has 0 aromatic heterocycles. The van der Waals surface area contributed by atoms with Crippen molar-refractivity contribution in [2.24, 2.45) is 23.2 Å². The number of carbonyl (C=O) groups excluding carboxylic acids is 1.